The highest BCUT2D eigenvalue weighted by atomic mass is 14.9. The molecule has 0 heterocycles. The van der Waals surface area contributed by atoms with Gasteiger partial charge < -0.3 is 5.32 Å². The van der Waals surface area contributed by atoms with Crippen LogP contribution < -0.4 is 5.32 Å². The normalized spacial score (nSPS) is 17.6. The van der Waals surface area contributed by atoms with Crippen LogP contribution in [0.5, 0.6) is 0 Å². The Kier molecular flexibility index (Phi) is 2.64. The first-order valence-corrected chi connectivity index (χ1v) is 5.47. The number of nitrogens with one attached hydrogen (secondary N) is 1. The molecule has 78 valence electrons. The van der Waals surface area contributed by atoms with Crippen LogP contribution in [-0.4, -0.2) is 6.54 Å². The highest BCUT2D eigenvalue weighted by molar-refractivity contribution is 5.50. The van der Waals surface area contributed by atoms with Gasteiger partial charge >= 0.3 is 0 Å². The number of nitrogens with zero attached hydrogens (tertiary/aromatic N) is 1. The van der Waals surface area contributed by atoms with Crippen LogP contribution in [0.4, 0.5) is 5.69 Å². The van der Waals surface area contributed by atoms with Crippen molar-refractivity contribution in [2.24, 2.45) is 5.41 Å². The molecule has 1 saturated carbocycles. The number of para-hydroxylation sites is 1. The molecule has 1 aromatic rings. The largest absolute Gasteiger partial charge is 0.383 e. The second-order valence-corrected chi connectivity index (χ2v) is 4.41. The third-order valence-corrected chi connectivity index (χ3v) is 3.31. The molecular weight excluding hydrogens is 184 g/mol. The second-order valence-electron chi connectivity index (χ2n) is 4.41. The molecule has 1 aliphatic carbocycles. The lowest BCUT2D eigenvalue weighted by Gasteiger charge is -2.35. The van der Waals surface area contributed by atoms with Gasteiger partial charge in [-0.3, -0.25) is 0 Å². The summed E-state index contributed by atoms with van der Waals surface area (Å²) in [5.74, 6) is 0. The maximum Gasteiger partial charge on any atom is 0.0746 e. The Morgan fingerprint density at radius 3 is 2.67 bits per heavy atom. The SMILES string of the molecule is Cc1ccccc1NCC1(C#N)CCC1. The first-order valence-electron chi connectivity index (χ1n) is 5.47. The molecular formula is C13H16N2. The predicted molar refractivity (Wildman–Crippen MR) is 61.6 cm³/mol. The van der Waals surface area contributed by atoms with Gasteiger partial charge in [-0.1, -0.05) is 24.6 Å². The van der Waals surface area contributed by atoms with E-state index in [1.807, 2.05) is 12.1 Å². The molecule has 0 saturated heterocycles. The third kappa shape index (κ3) is 1.97. The summed E-state index contributed by atoms with van der Waals surface area (Å²) >= 11 is 0. The maximum atomic E-state index is 9.09. The summed E-state index contributed by atoms with van der Waals surface area (Å²) in [4.78, 5) is 0. The fraction of sp³-hybridized carbons (Fsp3) is 0.462. The summed E-state index contributed by atoms with van der Waals surface area (Å²) in [6, 6.07) is 10.7. The minimum atomic E-state index is -0.0950. The van der Waals surface area contributed by atoms with Gasteiger partial charge in [0.25, 0.3) is 0 Å². The van der Waals surface area contributed by atoms with E-state index in [1.165, 1.54) is 12.0 Å². The quantitative estimate of drug-likeness (QED) is 0.813. The van der Waals surface area contributed by atoms with Crippen LogP contribution in [0.15, 0.2) is 24.3 Å². The molecule has 1 aromatic carbocycles. The zero-order valence-corrected chi connectivity index (χ0v) is 9.09. The Hall–Kier alpha value is -1.49. The molecule has 0 spiro atoms. The molecule has 2 rings (SSSR count). The Bertz CT molecular complexity index is 386. The maximum absolute atomic E-state index is 9.09. The monoisotopic (exact) mass is 200 g/mol. The number of anilines is 1. The zero-order valence-electron chi connectivity index (χ0n) is 9.09. The topological polar surface area (TPSA) is 35.8 Å². The van der Waals surface area contributed by atoms with E-state index in [0.29, 0.717) is 0 Å². The molecule has 1 N–H and O–H groups in total. The Labute approximate surface area is 90.9 Å². The number of hydrogen-bond donors (Lipinski definition) is 1. The van der Waals surface area contributed by atoms with Gasteiger partial charge in [0.2, 0.25) is 0 Å². The highest BCUT2D eigenvalue weighted by Gasteiger charge is 2.36. The summed E-state index contributed by atoms with van der Waals surface area (Å²) in [5.41, 5.74) is 2.30. The van der Waals surface area contributed by atoms with E-state index in [0.717, 1.165) is 25.1 Å². The van der Waals surface area contributed by atoms with Gasteiger partial charge in [-0.25, -0.2) is 0 Å². The van der Waals surface area contributed by atoms with Crippen molar-refractivity contribution in [1.82, 2.24) is 0 Å². The standard InChI is InChI=1S/C13H16N2/c1-11-5-2-3-6-12(11)15-10-13(9-14)7-4-8-13/h2-3,5-6,15H,4,7-8,10H2,1H3. The molecule has 2 nitrogen and oxygen atoms in total. The molecule has 0 atom stereocenters. The van der Waals surface area contributed by atoms with Crippen molar-refractivity contribution in [3.05, 3.63) is 29.8 Å². The van der Waals surface area contributed by atoms with Gasteiger partial charge in [0.15, 0.2) is 0 Å². The second kappa shape index (κ2) is 3.94. The van der Waals surface area contributed by atoms with Crippen LogP contribution in [0.25, 0.3) is 0 Å². The van der Waals surface area contributed by atoms with Crippen molar-refractivity contribution in [2.45, 2.75) is 26.2 Å². The molecule has 0 bridgehead atoms. The van der Waals surface area contributed by atoms with Gasteiger partial charge in [-0.2, -0.15) is 5.26 Å². The molecule has 0 unspecified atom stereocenters. The number of rotatable bonds is 3. The zero-order chi connectivity index (χ0) is 10.7. The first-order chi connectivity index (χ1) is 7.26. The molecule has 15 heavy (non-hydrogen) atoms. The van der Waals surface area contributed by atoms with E-state index >= 15 is 0 Å². The Balaban J connectivity index is 1.99. The van der Waals surface area contributed by atoms with Crippen LogP contribution in [0.2, 0.25) is 0 Å². The number of nitriles is 1. The fourth-order valence-electron chi connectivity index (χ4n) is 1.97. The number of hydrogen-bond acceptors (Lipinski definition) is 2. The van der Waals surface area contributed by atoms with Crippen LogP contribution in [-0.2, 0) is 0 Å². The van der Waals surface area contributed by atoms with E-state index in [1.54, 1.807) is 0 Å². The van der Waals surface area contributed by atoms with E-state index < -0.39 is 0 Å². The lowest BCUT2D eigenvalue weighted by Crippen LogP contribution is -2.35. The fourth-order valence-corrected chi connectivity index (χ4v) is 1.97. The predicted octanol–water partition coefficient (Wildman–Crippen LogP) is 3.10. The summed E-state index contributed by atoms with van der Waals surface area (Å²) < 4.78 is 0. The van der Waals surface area contributed by atoms with E-state index in [2.05, 4.69) is 30.4 Å². The van der Waals surface area contributed by atoms with Crippen molar-refractivity contribution >= 4 is 5.69 Å². The van der Waals surface area contributed by atoms with Crippen molar-refractivity contribution in [3.8, 4) is 6.07 Å². The Morgan fingerprint density at radius 1 is 1.40 bits per heavy atom. The van der Waals surface area contributed by atoms with Gasteiger partial charge in [0.1, 0.15) is 0 Å². The highest BCUT2D eigenvalue weighted by Crippen LogP contribution is 2.40. The minimum absolute atomic E-state index is 0.0950. The average molecular weight is 200 g/mol. The molecule has 1 aliphatic rings. The molecule has 0 aliphatic heterocycles. The van der Waals surface area contributed by atoms with Crippen molar-refractivity contribution in [3.63, 3.8) is 0 Å². The summed E-state index contributed by atoms with van der Waals surface area (Å²) in [7, 11) is 0. The molecule has 2 heteroatoms. The van der Waals surface area contributed by atoms with Crippen molar-refractivity contribution in [1.29, 1.82) is 5.26 Å². The van der Waals surface area contributed by atoms with E-state index in [-0.39, 0.29) is 5.41 Å². The molecule has 0 radical (unpaired) electrons. The minimum Gasteiger partial charge on any atom is -0.383 e. The van der Waals surface area contributed by atoms with Gasteiger partial charge in [0.05, 0.1) is 11.5 Å². The van der Waals surface area contributed by atoms with Crippen molar-refractivity contribution < 1.29 is 0 Å². The Morgan fingerprint density at radius 2 is 2.13 bits per heavy atom. The first kappa shape index (κ1) is 10.0. The third-order valence-electron chi connectivity index (χ3n) is 3.31. The van der Waals surface area contributed by atoms with Crippen LogP contribution in [0.1, 0.15) is 24.8 Å². The van der Waals surface area contributed by atoms with E-state index in [4.69, 9.17) is 5.26 Å². The van der Waals surface area contributed by atoms with E-state index in [9.17, 15) is 0 Å². The van der Waals surface area contributed by atoms with Gasteiger partial charge in [-0.15, -0.1) is 0 Å². The average Bonchev–Trinajstić information content (AvgIpc) is 2.19. The summed E-state index contributed by atoms with van der Waals surface area (Å²) in [5, 5.41) is 12.5. The van der Waals surface area contributed by atoms with Crippen molar-refractivity contribution in [2.75, 3.05) is 11.9 Å². The molecule has 0 aromatic heterocycles. The number of benzene rings is 1. The smallest absolute Gasteiger partial charge is 0.0746 e. The van der Waals surface area contributed by atoms with Gasteiger partial charge in [0, 0.05) is 12.2 Å². The lowest BCUT2D eigenvalue weighted by molar-refractivity contribution is 0.233. The number of aryl methyl sites for hydroxylation is 1. The summed E-state index contributed by atoms with van der Waals surface area (Å²) in [6.45, 7) is 2.87. The van der Waals surface area contributed by atoms with Crippen LogP contribution in [0.3, 0.4) is 0 Å². The van der Waals surface area contributed by atoms with Gasteiger partial charge in [-0.05, 0) is 31.4 Å². The van der Waals surface area contributed by atoms with Crippen LogP contribution >= 0.6 is 0 Å². The lowest BCUT2D eigenvalue weighted by atomic mass is 9.70. The molecule has 1 fully saturated rings. The molecule has 0 amide bonds. The summed E-state index contributed by atoms with van der Waals surface area (Å²) in [6.07, 6.45) is 3.29. The van der Waals surface area contributed by atoms with Crippen LogP contribution in [0, 0.1) is 23.7 Å².